The van der Waals surface area contributed by atoms with Gasteiger partial charge in [0.2, 0.25) is 0 Å². The van der Waals surface area contributed by atoms with E-state index in [1.54, 1.807) is 10.9 Å². The van der Waals surface area contributed by atoms with Crippen molar-refractivity contribution in [1.29, 1.82) is 0 Å². The van der Waals surface area contributed by atoms with Gasteiger partial charge in [-0.1, -0.05) is 29.8 Å². The molecule has 3 nitrogen and oxygen atoms in total. The molecule has 0 spiro atoms. The van der Waals surface area contributed by atoms with Gasteiger partial charge < -0.3 is 5.32 Å². The topological polar surface area (TPSA) is 29.9 Å². The number of aryl methyl sites for hydroxylation is 1. The third-order valence-electron chi connectivity index (χ3n) is 3.65. The molecule has 1 N–H and O–H groups in total. The van der Waals surface area contributed by atoms with Crippen LogP contribution in [0.2, 0.25) is 5.02 Å². The Kier molecular flexibility index (Phi) is 4.79. The Morgan fingerprint density at radius 2 is 1.72 bits per heavy atom. The summed E-state index contributed by atoms with van der Waals surface area (Å²) < 4.78 is 40.8. The number of rotatable bonds is 3. The average molecular weight is 431 g/mol. The fraction of sp³-hybridized carbons (Fsp3) is 0.118. The van der Waals surface area contributed by atoms with Gasteiger partial charge in [0.15, 0.2) is 0 Å². The normalized spacial score (nSPS) is 11.6. The summed E-state index contributed by atoms with van der Waals surface area (Å²) in [5.41, 5.74) is 1.37. The quantitative estimate of drug-likeness (QED) is 0.531. The number of halogens is 5. The molecule has 0 aliphatic rings. The van der Waals surface area contributed by atoms with Crippen molar-refractivity contribution in [2.24, 2.45) is 7.05 Å². The Hall–Kier alpha value is -1.99. The standard InChI is InChI=1S/C17H12BrClF3N3/c1-25-16(14(18)9-23-25)24-12-5-2-10(3-6-12)11-4-7-13(15(19)8-11)17(20,21)22/h2-9,24H,1H3. The van der Waals surface area contributed by atoms with Crippen molar-refractivity contribution < 1.29 is 13.2 Å². The van der Waals surface area contributed by atoms with E-state index in [9.17, 15) is 13.2 Å². The summed E-state index contributed by atoms with van der Waals surface area (Å²) in [5.74, 6) is 0.797. The van der Waals surface area contributed by atoms with Crippen LogP contribution in [0.25, 0.3) is 11.1 Å². The maximum atomic E-state index is 12.8. The maximum Gasteiger partial charge on any atom is 0.417 e. The van der Waals surface area contributed by atoms with E-state index < -0.39 is 11.7 Å². The first kappa shape index (κ1) is 17.8. The molecule has 0 atom stereocenters. The summed E-state index contributed by atoms with van der Waals surface area (Å²) in [6.07, 6.45) is -2.78. The molecule has 130 valence electrons. The minimum atomic E-state index is -4.46. The number of anilines is 2. The Bertz CT molecular complexity index is 885. The zero-order valence-corrected chi connectivity index (χ0v) is 15.2. The fourth-order valence-corrected chi connectivity index (χ4v) is 3.09. The number of nitrogens with one attached hydrogen (secondary N) is 1. The molecule has 0 aliphatic carbocycles. The second-order valence-corrected chi connectivity index (χ2v) is 6.62. The molecule has 0 aliphatic heterocycles. The van der Waals surface area contributed by atoms with Gasteiger partial charge in [-0.05, 0) is 51.3 Å². The van der Waals surface area contributed by atoms with Crippen molar-refractivity contribution in [2.45, 2.75) is 6.18 Å². The molecular weight excluding hydrogens is 419 g/mol. The van der Waals surface area contributed by atoms with E-state index in [1.165, 1.54) is 12.1 Å². The maximum absolute atomic E-state index is 12.8. The van der Waals surface area contributed by atoms with Crippen LogP contribution < -0.4 is 5.32 Å². The summed E-state index contributed by atoms with van der Waals surface area (Å²) in [6, 6.07) is 11.0. The predicted molar refractivity (Wildman–Crippen MR) is 96.1 cm³/mol. The van der Waals surface area contributed by atoms with E-state index in [0.717, 1.165) is 27.6 Å². The smallest absolute Gasteiger partial charge is 0.340 e. The van der Waals surface area contributed by atoms with E-state index in [1.807, 2.05) is 31.3 Å². The summed E-state index contributed by atoms with van der Waals surface area (Å²) >= 11 is 9.18. The summed E-state index contributed by atoms with van der Waals surface area (Å²) in [4.78, 5) is 0. The SMILES string of the molecule is Cn1ncc(Br)c1Nc1ccc(-c2ccc(C(F)(F)F)c(Cl)c2)cc1. The van der Waals surface area contributed by atoms with Gasteiger partial charge in [0.05, 0.1) is 21.3 Å². The highest BCUT2D eigenvalue weighted by Gasteiger charge is 2.33. The Morgan fingerprint density at radius 3 is 2.24 bits per heavy atom. The van der Waals surface area contributed by atoms with Crippen LogP contribution in [0.15, 0.2) is 53.1 Å². The van der Waals surface area contributed by atoms with Gasteiger partial charge in [-0.25, -0.2) is 0 Å². The molecular formula is C17H12BrClF3N3. The van der Waals surface area contributed by atoms with Crippen LogP contribution in [-0.4, -0.2) is 9.78 Å². The van der Waals surface area contributed by atoms with E-state index in [-0.39, 0.29) is 5.02 Å². The van der Waals surface area contributed by atoms with Crippen LogP contribution in [0.4, 0.5) is 24.7 Å². The molecule has 1 aromatic heterocycles. The molecule has 0 amide bonds. The van der Waals surface area contributed by atoms with Crippen LogP contribution in [0, 0.1) is 0 Å². The fourth-order valence-electron chi connectivity index (χ4n) is 2.36. The molecule has 0 saturated heterocycles. The van der Waals surface area contributed by atoms with Crippen molar-refractivity contribution in [2.75, 3.05) is 5.32 Å². The monoisotopic (exact) mass is 429 g/mol. The van der Waals surface area contributed by atoms with Gasteiger partial charge in [0.1, 0.15) is 5.82 Å². The molecule has 3 rings (SSSR count). The zero-order valence-electron chi connectivity index (χ0n) is 12.9. The van der Waals surface area contributed by atoms with Crippen LogP contribution in [0.3, 0.4) is 0 Å². The summed E-state index contributed by atoms with van der Waals surface area (Å²) in [6.45, 7) is 0. The van der Waals surface area contributed by atoms with E-state index in [4.69, 9.17) is 11.6 Å². The molecule has 1 heterocycles. The Morgan fingerprint density at radius 1 is 1.08 bits per heavy atom. The Labute approximate surface area is 155 Å². The van der Waals surface area contributed by atoms with Crippen LogP contribution in [-0.2, 0) is 13.2 Å². The highest BCUT2D eigenvalue weighted by molar-refractivity contribution is 9.10. The minimum Gasteiger partial charge on any atom is -0.340 e. The predicted octanol–water partition coefficient (Wildman–Crippen LogP) is 6.27. The van der Waals surface area contributed by atoms with Gasteiger partial charge in [0, 0.05) is 12.7 Å². The summed E-state index contributed by atoms with van der Waals surface area (Å²) in [5, 5.41) is 7.02. The lowest BCUT2D eigenvalue weighted by molar-refractivity contribution is -0.137. The molecule has 0 unspecified atom stereocenters. The van der Waals surface area contributed by atoms with Gasteiger partial charge in [-0.2, -0.15) is 18.3 Å². The molecule has 25 heavy (non-hydrogen) atoms. The van der Waals surface area contributed by atoms with E-state index in [2.05, 4.69) is 26.3 Å². The number of hydrogen-bond donors (Lipinski definition) is 1. The molecule has 0 fully saturated rings. The molecule has 0 radical (unpaired) electrons. The van der Waals surface area contributed by atoms with Crippen molar-refractivity contribution in [3.05, 3.63) is 63.7 Å². The molecule has 2 aromatic carbocycles. The third kappa shape index (κ3) is 3.82. The lowest BCUT2D eigenvalue weighted by Gasteiger charge is -2.11. The number of aromatic nitrogens is 2. The molecule has 0 saturated carbocycles. The number of nitrogens with zero attached hydrogens (tertiary/aromatic N) is 2. The van der Waals surface area contributed by atoms with Crippen molar-refractivity contribution >= 4 is 39.0 Å². The molecule has 8 heteroatoms. The Balaban J connectivity index is 1.84. The second kappa shape index (κ2) is 6.72. The highest BCUT2D eigenvalue weighted by atomic mass is 79.9. The lowest BCUT2D eigenvalue weighted by Crippen LogP contribution is -2.05. The highest BCUT2D eigenvalue weighted by Crippen LogP contribution is 2.37. The zero-order chi connectivity index (χ0) is 18.2. The van der Waals surface area contributed by atoms with Crippen LogP contribution in [0.1, 0.15) is 5.56 Å². The van der Waals surface area contributed by atoms with Gasteiger partial charge in [0.25, 0.3) is 0 Å². The van der Waals surface area contributed by atoms with Gasteiger partial charge in [-0.15, -0.1) is 0 Å². The van der Waals surface area contributed by atoms with Gasteiger partial charge in [-0.3, -0.25) is 4.68 Å². The van der Waals surface area contributed by atoms with Crippen molar-refractivity contribution in [3.8, 4) is 11.1 Å². The second-order valence-electron chi connectivity index (χ2n) is 5.36. The first-order valence-corrected chi connectivity index (χ1v) is 8.34. The third-order valence-corrected chi connectivity index (χ3v) is 4.54. The minimum absolute atomic E-state index is 0.314. The van der Waals surface area contributed by atoms with E-state index >= 15 is 0 Å². The largest absolute Gasteiger partial charge is 0.417 e. The number of alkyl halides is 3. The van der Waals surface area contributed by atoms with Crippen molar-refractivity contribution in [1.82, 2.24) is 9.78 Å². The molecule has 3 aromatic rings. The first-order valence-electron chi connectivity index (χ1n) is 7.17. The lowest BCUT2D eigenvalue weighted by atomic mass is 10.0. The van der Waals surface area contributed by atoms with Crippen LogP contribution in [0.5, 0.6) is 0 Å². The number of benzene rings is 2. The first-order chi connectivity index (χ1) is 11.8. The van der Waals surface area contributed by atoms with Crippen molar-refractivity contribution in [3.63, 3.8) is 0 Å². The average Bonchev–Trinajstić information content (AvgIpc) is 2.86. The summed E-state index contributed by atoms with van der Waals surface area (Å²) in [7, 11) is 1.81. The van der Waals surface area contributed by atoms with E-state index in [0.29, 0.717) is 5.56 Å². The molecule has 0 bridgehead atoms. The van der Waals surface area contributed by atoms with Gasteiger partial charge >= 0.3 is 6.18 Å². The van der Waals surface area contributed by atoms with Crippen LogP contribution >= 0.6 is 27.5 Å². The number of hydrogen-bond acceptors (Lipinski definition) is 2.